The van der Waals surface area contributed by atoms with Gasteiger partial charge in [0.2, 0.25) is 0 Å². The average Bonchev–Trinajstić information content (AvgIpc) is 3.42. The molecule has 3 aromatic carbocycles. The normalized spacial score (nSPS) is 12.5. The van der Waals surface area contributed by atoms with Crippen LogP contribution in [-0.2, 0) is 6.54 Å². The molecule has 4 nitrogen and oxygen atoms in total. The minimum absolute atomic E-state index is 0.0633. The molecule has 6 rings (SSSR count). The summed E-state index contributed by atoms with van der Waals surface area (Å²) in [5, 5.41) is 1.02. The maximum atomic E-state index is 14.3. The molecule has 33 heavy (non-hydrogen) atoms. The largest absolute Gasteiger partial charge is 0.342 e. The Kier molecular flexibility index (Phi) is 4.45. The molecular weight excluding hydrogens is 433 g/mol. The quantitative estimate of drug-likeness (QED) is 0.369. The smallest absolute Gasteiger partial charge is 0.274 e. The van der Waals surface area contributed by atoms with Gasteiger partial charge in [-0.25, -0.2) is 13.8 Å². The van der Waals surface area contributed by atoms with Gasteiger partial charge in [0.25, 0.3) is 5.56 Å². The van der Waals surface area contributed by atoms with Gasteiger partial charge in [0.05, 0.1) is 22.1 Å². The Morgan fingerprint density at radius 1 is 1.00 bits per heavy atom. The van der Waals surface area contributed by atoms with Crippen molar-refractivity contribution in [3.05, 3.63) is 110 Å². The summed E-state index contributed by atoms with van der Waals surface area (Å²) in [6, 6.07) is 18.9. The van der Waals surface area contributed by atoms with Crippen LogP contribution in [0.5, 0.6) is 0 Å². The van der Waals surface area contributed by atoms with Gasteiger partial charge in [-0.05, 0) is 55.3 Å². The van der Waals surface area contributed by atoms with Crippen LogP contribution in [0.3, 0.4) is 0 Å². The van der Waals surface area contributed by atoms with Crippen LogP contribution >= 0.6 is 11.3 Å². The van der Waals surface area contributed by atoms with Gasteiger partial charge in [0.1, 0.15) is 5.82 Å². The first-order valence-electron chi connectivity index (χ1n) is 10.7. The molecule has 0 aliphatic rings. The molecule has 0 amide bonds. The molecule has 0 aliphatic heterocycles. The number of fused-ring (bicyclic) bond motifs is 4. The summed E-state index contributed by atoms with van der Waals surface area (Å²) in [4.78, 5) is 18.7. The Morgan fingerprint density at radius 3 is 2.61 bits per heavy atom. The number of benzene rings is 3. The fourth-order valence-corrected chi connectivity index (χ4v) is 5.37. The number of hydrogen-bond acceptors (Lipinski definition) is 3. The summed E-state index contributed by atoms with van der Waals surface area (Å²) >= 11 is 1.39. The number of imidazole rings is 1. The van der Waals surface area contributed by atoms with Gasteiger partial charge in [0.15, 0.2) is 4.96 Å². The third kappa shape index (κ3) is 3.17. The second kappa shape index (κ2) is 7.39. The molecule has 0 saturated carbocycles. The lowest BCUT2D eigenvalue weighted by Crippen LogP contribution is -2.22. The van der Waals surface area contributed by atoms with E-state index in [0.717, 1.165) is 38.6 Å². The molecule has 0 fully saturated rings. The van der Waals surface area contributed by atoms with Gasteiger partial charge < -0.3 is 4.57 Å². The standard InChI is InChI=1S/C27H20FN3OS/c1-16-11-22-24(12-17(16)2)31-26(32)25(33-27(31)29-22)13-19-15-30(23-10-6-4-8-20(19)23)14-18-7-3-5-9-21(18)28/h3-13,15H,14H2,1-2H3. The number of hydrogen-bond donors (Lipinski definition) is 0. The summed E-state index contributed by atoms with van der Waals surface area (Å²) in [6.45, 7) is 4.52. The molecule has 0 aliphatic carbocycles. The fraction of sp³-hybridized carbons (Fsp3) is 0.111. The number of aromatic nitrogens is 3. The van der Waals surface area contributed by atoms with Crippen molar-refractivity contribution in [2.45, 2.75) is 20.4 Å². The lowest BCUT2D eigenvalue weighted by molar-refractivity contribution is 0.602. The minimum Gasteiger partial charge on any atom is -0.342 e. The predicted molar refractivity (Wildman–Crippen MR) is 133 cm³/mol. The maximum Gasteiger partial charge on any atom is 0.274 e. The highest BCUT2D eigenvalue weighted by atomic mass is 32.1. The van der Waals surface area contributed by atoms with E-state index in [1.165, 1.54) is 17.4 Å². The monoisotopic (exact) mass is 453 g/mol. The molecule has 0 radical (unpaired) electrons. The fourth-order valence-electron chi connectivity index (χ4n) is 4.39. The maximum absolute atomic E-state index is 14.3. The van der Waals surface area contributed by atoms with Crippen molar-refractivity contribution in [3.8, 4) is 0 Å². The highest BCUT2D eigenvalue weighted by molar-refractivity contribution is 7.15. The average molecular weight is 454 g/mol. The van der Waals surface area contributed by atoms with Crippen molar-refractivity contribution in [2.75, 3.05) is 0 Å². The van der Waals surface area contributed by atoms with E-state index in [2.05, 4.69) is 11.9 Å². The molecular formula is C27H20FN3OS. The molecule has 3 aromatic heterocycles. The van der Waals surface area contributed by atoms with Crippen molar-refractivity contribution in [1.82, 2.24) is 14.0 Å². The molecule has 0 atom stereocenters. The van der Waals surface area contributed by atoms with Crippen LogP contribution < -0.4 is 10.1 Å². The lowest BCUT2D eigenvalue weighted by Gasteiger charge is -2.06. The molecule has 0 bridgehead atoms. The Hall–Kier alpha value is -3.77. The Labute approximate surface area is 192 Å². The van der Waals surface area contributed by atoms with Crippen molar-refractivity contribution >= 4 is 44.3 Å². The highest BCUT2D eigenvalue weighted by Crippen LogP contribution is 2.24. The summed E-state index contributed by atoms with van der Waals surface area (Å²) in [5.74, 6) is -0.223. The van der Waals surface area contributed by atoms with E-state index in [4.69, 9.17) is 0 Å². The zero-order valence-corrected chi connectivity index (χ0v) is 19.0. The Morgan fingerprint density at radius 2 is 1.76 bits per heavy atom. The SMILES string of the molecule is Cc1cc2nc3sc(=Cc4cn(Cc5ccccc5F)c5ccccc45)c(=O)n3c2cc1C. The summed E-state index contributed by atoms with van der Waals surface area (Å²) in [6.07, 6.45) is 3.92. The van der Waals surface area contributed by atoms with Crippen LogP contribution in [0.2, 0.25) is 0 Å². The third-order valence-corrected chi connectivity index (χ3v) is 7.23. The lowest BCUT2D eigenvalue weighted by atomic mass is 10.1. The van der Waals surface area contributed by atoms with Crippen LogP contribution in [0, 0.1) is 19.7 Å². The second-order valence-corrected chi connectivity index (χ2v) is 9.40. The van der Waals surface area contributed by atoms with E-state index in [1.807, 2.05) is 66.2 Å². The molecule has 6 aromatic rings. The van der Waals surface area contributed by atoms with Gasteiger partial charge in [-0.1, -0.05) is 47.7 Å². The Balaban J connectivity index is 1.54. The van der Waals surface area contributed by atoms with Crippen LogP contribution in [0.25, 0.3) is 33.0 Å². The minimum atomic E-state index is -0.223. The zero-order chi connectivity index (χ0) is 22.7. The molecule has 6 heteroatoms. The van der Waals surface area contributed by atoms with Crippen LogP contribution in [0.15, 0.2) is 71.7 Å². The molecule has 0 unspecified atom stereocenters. The number of aryl methyl sites for hydroxylation is 2. The summed E-state index contributed by atoms with van der Waals surface area (Å²) < 4.78 is 18.6. The van der Waals surface area contributed by atoms with E-state index >= 15 is 0 Å². The number of halogens is 1. The first-order chi connectivity index (χ1) is 16.0. The number of rotatable bonds is 3. The van der Waals surface area contributed by atoms with Gasteiger partial charge >= 0.3 is 0 Å². The first kappa shape index (κ1) is 19.9. The van der Waals surface area contributed by atoms with E-state index < -0.39 is 0 Å². The summed E-state index contributed by atoms with van der Waals surface area (Å²) in [7, 11) is 0. The van der Waals surface area contributed by atoms with Crippen LogP contribution in [0.4, 0.5) is 4.39 Å². The van der Waals surface area contributed by atoms with E-state index in [-0.39, 0.29) is 11.4 Å². The molecule has 0 N–H and O–H groups in total. The predicted octanol–water partition coefficient (Wildman–Crippen LogP) is 5.22. The highest BCUT2D eigenvalue weighted by Gasteiger charge is 2.14. The number of nitrogens with zero attached hydrogens (tertiary/aromatic N) is 3. The van der Waals surface area contributed by atoms with E-state index in [9.17, 15) is 9.18 Å². The van der Waals surface area contributed by atoms with Gasteiger partial charge in [-0.3, -0.25) is 4.79 Å². The van der Waals surface area contributed by atoms with Crippen LogP contribution in [-0.4, -0.2) is 14.0 Å². The Bertz CT molecular complexity index is 1810. The third-order valence-electron chi connectivity index (χ3n) is 6.26. The topological polar surface area (TPSA) is 39.3 Å². The number of thiazole rings is 1. The summed E-state index contributed by atoms with van der Waals surface area (Å²) in [5.41, 5.74) is 6.47. The molecule has 3 heterocycles. The van der Waals surface area contributed by atoms with Gasteiger partial charge in [-0.15, -0.1) is 0 Å². The first-order valence-corrected chi connectivity index (χ1v) is 11.6. The van der Waals surface area contributed by atoms with Gasteiger partial charge in [0, 0.05) is 28.2 Å². The number of para-hydroxylation sites is 1. The van der Waals surface area contributed by atoms with E-state index in [1.54, 1.807) is 16.5 Å². The van der Waals surface area contributed by atoms with Crippen molar-refractivity contribution < 1.29 is 4.39 Å². The van der Waals surface area contributed by atoms with Crippen molar-refractivity contribution in [3.63, 3.8) is 0 Å². The zero-order valence-electron chi connectivity index (χ0n) is 18.2. The van der Waals surface area contributed by atoms with Crippen molar-refractivity contribution in [2.24, 2.45) is 0 Å². The van der Waals surface area contributed by atoms with Crippen LogP contribution in [0.1, 0.15) is 22.3 Å². The second-order valence-electron chi connectivity index (χ2n) is 8.39. The molecule has 0 spiro atoms. The molecule has 0 saturated heterocycles. The van der Waals surface area contributed by atoms with E-state index in [0.29, 0.717) is 21.6 Å². The van der Waals surface area contributed by atoms with Gasteiger partial charge in [-0.2, -0.15) is 0 Å². The van der Waals surface area contributed by atoms with Crippen molar-refractivity contribution in [1.29, 1.82) is 0 Å². The molecule has 162 valence electrons.